The van der Waals surface area contributed by atoms with Gasteiger partial charge >= 0.3 is 0 Å². The second kappa shape index (κ2) is 5.33. The Balaban J connectivity index is 3.02. The van der Waals surface area contributed by atoms with E-state index in [-0.39, 0.29) is 23.9 Å². The zero-order valence-electron chi connectivity index (χ0n) is 10.9. The molecule has 94 valence electrons. The summed E-state index contributed by atoms with van der Waals surface area (Å²) in [5.41, 5.74) is -0.177. The number of hydrogen-bond acceptors (Lipinski definition) is 3. The predicted octanol–water partition coefficient (Wildman–Crippen LogP) is 1.40. The van der Waals surface area contributed by atoms with Gasteiger partial charge in [0.15, 0.2) is 0 Å². The average Bonchev–Trinajstić information content (AvgIpc) is 2.34. The van der Waals surface area contributed by atoms with Crippen molar-refractivity contribution < 1.29 is 4.79 Å². The van der Waals surface area contributed by atoms with Crippen molar-refractivity contribution in [1.82, 2.24) is 9.80 Å². The Morgan fingerprint density at radius 3 is 2.82 bits per heavy atom. The number of carbonyl (C=O) groups is 1. The smallest absolute Gasteiger partial charge is 0.241 e. The lowest BCUT2D eigenvalue weighted by Gasteiger charge is -2.37. The molecule has 0 aromatic heterocycles. The molecule has 1 unspecified atom stereocenters. The molecule has 17 heavy (non-hydrogen) atoms. The van der Waals surface area contributed by atoms with Crippen LogP contribution in [0.15, 0.2) is 12.7 Å². The van der Waals surface area contributed by atoms with E-state index in [0.29, 0.717) is 6.54 Å². The summed E-state index contributed by atoms with van der Waals surface area (Å²) in [5.74, 6) is 0.0384. The van der Waals surface area contributed by atoms with Crippen molar-refractivity contribution in [2.24, 2.45) is 0 Å². The number of nitrogens with zero attached hydrogens (tertiary/aromatic N) is 3. The molecule has 0 aromatic rings. The van der Waals surface area contributed by atoms with Gasteiger partial charge in [-0.25, -0.2) is 0 Å². The Kier molecular flexibility index (Phi) is 4.30. The molecule has 0 spiro atoms. The highest BCUT2D eigenvalue weighted by Gasteiger charge is 2.39. The first-order valence-electron chi connectivity index (χ1n) is 5.93. The molecule has 1 saturated heterocycles. The lowest BCUT2D eigenvalue weighted by Crippen LogP contribution is -2.51. The van der Waals surface area contributed by atoms with Crippen LogP contribution in [-0.4, -0.2) is 47.4 Å². The average molecular weight is 235 g/mol. The molecule has 1 atom stereocenters. The van der Waals surface area contributed by atoms with Crippen molar-refractivity contribution >= 4 is 5.91 Å². The highest BCUT2D eigenvalue weighted by atomic mass is 16.2. The van der Waals surface area contributed by atoms with Gasteiger partial charge in [0.25, 0.3) is 0 Å². The Bertz CT molecular complexity index is 343. The number of hydrogen-bond donors (Lipinski definition) is 0. The first-order valence-corrected chi connectivity index (χ1v) is 5.93. The van der Waals surface area contributed by atoms with Crippen molar-refractivity contribution in [3.8, 4) is 6.07 Å². The second-order valence-corrected chi connectivity index (χ2v) is 5.16. The predicted molar refractivity (Wildman–Crippen MR) is 67.3 cm³/mol. The number of rotatable bonds is 3. The zero-order valence-corrected chi connectivity index (χ0v) is 10.9. The molecule has 0 radical (unpaired) electrons. The SMILES string of the molecule is C=CCN1C(=O)C(CC#N)N(C)CCC1(C)C. The van der Waals surface area contributed by atoms with Gasteiger partial charge in [-0.1, -0.05) is 6.08 Å². The van der Waals surface area contributed by atoms with Crippen molar-refractivity contribution in [2.75, 3.05) is 20.1 Å². The third kappa shape index (κ3) is 2.86. The summed E-state index contributed by atoms with van der Waals surface area (Å²) in [6.07, 6.45) is 2.90. The van der Waals surface area contributed by atoms with Gasteiger partial charge in [0, 0.05) is 18.6 Å². The number of amides is 1. The summed E-state index contributed by atoms with van der Waals surface area (Å²) in [6, 6.07) is 1.78. The Hall–Kier alpha value is -1.34. The normalized spacial score (nSPS) is 25.2. The zero-order chi connectivity index (χ0) is 13.1. The largest absolute Gasteiger partial charge is 0.332 e. The minimum Gasteiger partial charge on any atom is -0.332 e. The van der Waals surface area contributed by atoms with E-state index in [1.807, 2.05) is 16.8 Å². The monoisotopic (exact) mass is 235 g/mol. The fraction of sp³-hybridized carbons (Fsp3) is 0.692. The van der Waals surface area contributed by atoms with Crippen LogP contribution in [0, 0.1) is 11.3 Å². The fourth-order valence-corrected chi connectivity index (χ4v) is 2.20. The minimum absolute atomic E-state index is 0.0384. The summed E-state index contributed by atoms with van der Waals surface area (Å²) in [4.78, 5) is 16.3. The van der Waals surface area contributed by atoms with Gasteiger partial charge in [-0.15, -0.1) is 6.58 Å². The third-order valence-electron chi connectivity index (χ3n) is 3.49. The molecule has 4 heteroatoms. The van der Waals surface area contributed by atoms with E-state index in [9.17, 15) is 4.79 Å². The maximum absolute atomic E-state index is 12.4. The van der Waals surface area contributed by atoms with E-state index in [0.717, 1.165) is 13.0 Å². The number of nitriles is 1. The van der Waals surface area contributed by atoms with Crippen molar-refractivity contribution in [1.29, 1.82) is 5.26 Å². The highest BCUT2D eigenvalue weighted by Crippen LogP contribution is 2.26. The van der Waals surface area contributed by atoms with Crippen LogP contribution in [0.25, 0.3) is 0 Å². The third-order valence-corrected chi connectivity index (χ3v) is 3.49. The van der Waals surface area contributed by atoms with Gasteiger partial charge in [-0.3, -0.25) is 9.69 Å². The van der Waals surface area contributed by atoms with E-state index in [1.165, 1.54) is 0 Å². The molecule has 0 aliphatic carbocycles. The summed E-state index contributed by atoms with van der Waals surface area (Å²) < 4.78 is 0. The summed E-state index contributed by atoms with van der Waals surface area (Å²) in [5, 5.41) is 8.82. The molecule has 1 heterocycles. The molecule has 0 saturated carbocycles. The molecule has 1 aliphatic rings. The van der Waals surface area contributed by atoms with Crippen molar-refractivity contribution in [3.63, 3.8) is 0 Å². The van der Waals surface area contributed by atoms with Gasteiger partial charge < -0.3 is 4.90 Å². The first-order chi connectivity index (χ1) is 7.94. The van der Waals surface area contributed by atoms with E-state index >= 15 is 0 Å². The van der Waals surface area contributed by atoms with Crippen LogP contribution in [0.5, 0.6) is 0 Å². The first kappa shape index (κ1) is 13.7. The van der Waals surface area contributed by atoms with Gasteiger partial charge in [0.05, 0.1) is 12.5 Å². The van der Waals surface area contributed by atoms with Crippen LogP contribution in [0.2, 0.25) is 0 Å². The van der Waals surface area contributed by atoms with Crippen molar-refractivity contribution in [2.45, 2.75) is 38.3 Å². The summed E-state index contributed by atoms with van der Waals surface area (Å²) in [6.45, 7) is 9.21. The van der Waals surface area contributed by atoms with Crippen LogP contribution >= 0.6 is 0 Å². The lowest BCUT2D eigenvalue weighted by molar-refractivity contribution is -0.138. The molecular formula is C13H21N3O. The van der Waals surface area contributed by atoms with Crippen LogP contribution in [-0.2, 0) is 4.79 Å². The minimum atomic E-state index is -0.318. The molecule has 1 fully saturated rings. The van der Waals surface area contributed by atoms with E-state index in [1.54, 1.807) is 6.08 Å². The molecule has 4 nitrogen and oxygen atoms in total. The molecule has 0 aromatic carbocycles. The molecule has 1 aliphatic heterocycles. The van der Waals surface area contributed by atoms with Gasteiger partial charge in [-0.05, 0) is 27.3 Å². The Morgan fingerprint density at radius 2 is 2.29 bits per heavy atom. The quantitative estimate of drug-likeness (QED) is 0.695. The Morgan fingerprint density at radius 1 is 1.65 bits per heavy atom. The van der Waals surface area contributed by atoms with Gasteiger partial charge in [-0.2, -0.15) is 5.26 Å². The van der Waals surface area contributed by atoms with Gasteiger partial charge in [0.2, 0.25) is 5.91 Å². The maximum atomic E-state index is 12.4. The van der Waals surface area contributed by atoms with Crippen molar-refractivity contribution in [3.05, 3.63) is 12.7 Å². The molecular weight excluding hydrogens is 214 g/mol. The standard InChI is InChI=1S/C13H21N3O/c1-5-9-16-12(17)11(6-8-14)15(4)10-7-13(16,2)3/h5,11H,1,6-7,9-10H2,2-4H3. The Labute approximate surface area is 103 Å². The second-order valence-electron chi connectivity index (χ2n) is 5.16. The molecule has 0 N–H and O–H groups in total. The van der Waals surface area contributed by atoms with Crippen LogP contribution in [0.3, 0.4) is 0 Å². The highest BCUT2D eigenvalue weighted by molar-refractivity contribution is 5.83. The summed E-state index contributed by atoms with van der Waals surface area (Å²) >= 11 is 0. The molecule has 0 bridgehead atoms. The van der Waals surface area contributed by atoms with Crippen LogP contribution in [0.1, 0.15) is 26.7 Å². The number of likely N-dealkylation sites (N-methyl/N-ethyl adjacent to an activating group) is 1. The lowest BCUT2D eigenvalue weighted by atomic mass is 9.98. The number of carbonyl (C=O) groups excluding carboxylic acids is 1. The summed E-state index contributed by atoms with van der Waals surface area (Å²) in [7, 11) is 1.91. The fourth-order valence-electron chi connectivity index (χ4n) is 2.20. The van der Waals surface area contributed by atoms with Crippen LogP contribution < -0.4 is 0 Å². The topological polar surface area (TPSA) is 47.3 Å². The van der Waals surface area contributed by atoms with E-state index < -0.39 is 0 Å². The van der Waals surface area contributed by atoms with E-state index in [2.05, 4.69) is 26.5 Å². The molecule has 1 amide bonds. The molecule has 1 rings (SSSR count). The van der Waals surface area contributed by atoms with E-state index in [4.69, 9.17) is 5.26 Å². The van der Waals surface area contributed by atoms with Gasteiger partial charge in [0.1, 0.15) is 6.04 Å². The van der Waals surface area contributed by atoms with Crippen LogP contribution in [0.4, 0.5) is 0 Å². The maximum Gasteiger partial charge on any atom is 0.241 e.